The van der Waals surface area contributed by atoms with E-state index in [9.17, 15) is 4.79 Å². The Morgan fingerprint density at radius 2 is 2.16 bits per heavy atom. The van der Waals surface area contributed by atoms with E-state index in [0.29, 0.717) is 5.92 Å². The van der Waals surface area contributed by atoms with E-state index in [1.54, 1.807) is 0 Å². The van der Waals surface area contributed by atoms with Crippen molar-refractivity contribution in [2.24, 2.45) is 5.92 Å². The van der Waals surface area contributed by atoms with Crippen molar-refractivity contribution < 1.29 is 4.79 Å². The maximum atomic E-state index is 12.5. The number of likely N-dealkylation sites (tertiary alicyclic amines) is 1. The maximum absolute atomic E-state index is 12.5. The number of hydrogen-bond acceptors (Lipinski definition) is 2. The molecule has 1 unspecified atom stereocenters. The van der Waals surface area contributed by atoms with Gasteiger partial charge in [0.15, 0.2) is 0 Å². The van der Waals surface area contributed by atoms with Crippen molar-refractivity contribution in [2.75, 3.05) is 18.4 Å². The van der Waals surface area contributed by atoms with Crippen LogP contribution in [0.1, 0.15) is 32.3 Å². The number of benzene rings is 1. The summed E-state index contributed by atoms with van der Waals surface area (Å²) in [5.41, 5.74) is 2.01. The molecule has 2 aliphatic heterocycles. The highest BCUT2D eigenvalue weighted by Gasteiger charge is 2.52. The van der Waals surface area contributed by atoms with Crippen molar-refractivity contribution in [2.45, 2.75) is 38.6 Å². The SMILES string of the molecule is CC(C)CCN1CCC12Cc1ccccc1NC2=O. The van der Waals surface area contributed by atoms with Crippen LogP contribution in [0.4, 0.5) is 5.69 Å². The largest absolute Gasteiger partial charge is 0.324 e. The van der Waals surface area contributed by atoms with Gasteiger partial charge in [-0.1, -0.05) is 32.0 Å². The summed E-state index contributed by atoms with van der Waals surface area (Å²) in [7, 11) is 0. The Hall–Kier alpha value is -1.35. The van der Waals surface area contributed by atoms with Crippen LogP contribution in [-0.4, -0.2) is 29.4 Å². The van der Waals surface area contributed by atoms with Crippen LogP contribution in [0.5, 0.6) is 0 Å². The van der Waals surface area contributed by atoms with Crippen molar-refractivity contribution in [1.29, 1.82) is 0 Å². The zero-order valence-electron chi connectivity index (χ0n) is 11.8. The number of para-hydroxylation sites is 1. The molecule has 2 aliphatic rings. The molecule has 1 amide bonds. The third-order valence-electron chi connectivity index (χ3n) is 4.55. The number of amides is 1. The zero-order chi connectivity index (χ0) is 13.5. The molecular formula is C16H22N2O. The van der Waals surface area contributed by atoms with E-state index < -0.39 is 0 Å². The van der Waals surface area contributed by atoms with Crippen LogP contribution >= 0.6 is 0 Å². The number of hydrogen-bond donors (Lipinski definition) is 1. The van der Waals surface area contributed by atoms with Gasteiger partial charge in [0.2, 0.25) is 5.91 Å². The molecular weight excluding hydrogens is 236 g/mol. The summed E-state index contributed by atoms with van der Waals surface area (Å²) in [6.45, 7) is 6.57. The van der Waals surface area contributed by atoms with Crippen LogP contribution in [0, 0.1) is 5.92 Å². The summed E-state index contributed by atoms with van der Waals surface area (Å²) in [6, 6.07) is 8.17. The van der Waals surface area contributed by atoms with Crippen molar-refractivity contribution in [3.05, 3.63) is 29.8 Å². The fourth-order valence-electron chi connectivity index (χ4n) is 3.17. The third kappa shape index (κ3) is 2.06. The Labute approximate surface area is 115 Å². The molecule has 0 aromatic heterocycles. The van der Waals surface area contributed by atoms with Gasteiger partial charge in [0.05, 0.1) is 0 Å². The van der Waals surface area contributed by atoms with Crippen LogP contribution in [0.15, 0.2) is 24.3 Å². The van der Waals surface area contributed by atoms with Gasteiger partial charge in [0.25, 0.3) is 0 Å². The predicted octanol–water partition coefficient (Wildman–Crippen LogP) is 2.67. The minimum Gasteiger partial charge on any atom is -0.324 e. The minimum atomic E-state index is -0.261. The van der Waals surface area contributed by atoms with E-state index in [4.69, 9.17) is 0 Å². The normalized spacial score (nSPS) is 26.2. The second kappa shape index (κ2) is 4.64. The van der Waals surface area contributed by atoms with E-state index in [2.05, 4.69) is 36.2 Å². The topological polar surface area (TPSA) is 32.3 Å². The Morgan fingerprint density at radius 3 is 2.84 bits per heavy atom. The van der Waals surface area contributed by atoms with Crippen molar-refractivity contribution in [3.63, 3.8) is 0 Å². The number of anilines is 1. The summed E-state index contributed by atoms with van der Waals surface area (Å²) in [5, 5.41) is 3.09. The standard InChI is InChI=1S/C16H22N2O/c1-12(2)7-9-18-10-8-16(18)11-13-5-3-4-6-14(13)17-15(16)19/h3-6,12H,7-11H2,1-2H3,(H,17,19). The van der Waals surface area contributed by atoms with Crippen LogP contribution in [0.3, 0.4) is 0 Å². The van der Waals surface area contributed by atoms with E-state index in [1.807, 2.05) is 12.1 Å². The summed E-state index contributed by atoms with van der Waals surface area (Å²) in [4.78, 5) is 14.8. The maximum Gasteiger partial charge on any atom is 0.245 e. The molecule has 1 aromatic rings. The summed E-state index contributed by atoms with van der Waals surface area (Å²) in [6.07, 6.45) is 3.02. The summed E-state index contributed by atoms with van der Waals surface area (Å²) in [5.74, 6) is 0.887. The molecule has 3 nitrogen and oxygen atoms in total. The second-order valence-electron chi connectivity index (χ2n) is 6.24. The minimum absolute atomic E-state index is 0.196. The lowest BCUT2D eigenvalue weighted by Gasteiger charge is -2.53. The molecule has 2 heterocycles. The third-order valence-corrected chi connectivity index (χ3v) is 4.55. The number of rotatable bonds is 3. The molecule has 1 fully saturated rings. The van der Waals surface area contributed by atoms with Crippen LogP contribution < -0.4 is 5.32 Å². The van der Waals surface area contributed by atoms with E-state index in [0.717, 1.165) is 38.0 Å². The van der Waals surface area contributed by atoms with Gasteiger partial charge in [-0.2, -0.15) is 0 Å². The average Bonchev–Trinajstić information content (AvgIpc) is 2.36. The van der Waals surface area contributed by atoms with Gasteiger partial charge >= 0.3 is 0 Å². The highest BCUT2D eigenvalue weighted by Crippen LogP contribution is 2.40. The second-order valence-corrected chi connectivity index (χ2v) is 6.24. The lowest BCUT2D eigenvalue weighted by molar-refractivity contribution is -0.138. The molecule has 19 heavy (non-hydrogen) atoms. The van der Waals surface area contributed by atoms with E-state index in [1.165, 1.54) is 5.56 Å². The van der Waals surface area contributed by atoms with Gasteiger partial charge in [-0.05, 0) is 36.9 Å². The van der Waals surface area contributed by atoms with Gasteiger partial charge < -0.3 is 5.32 Å². The first-order chi connectivity index (χ1) is 9.12. The van der Waals surface area contributed by atoms with Crippen molar-refractivity contribution in [1.82, 2.24) is 4.90 Å². The highest BCUT2D eigenvalue weighted by molar-refractivity contribution is 6.01. The van der Waals surface area contributed by atoms with Crippen LogP contribution in [0.25, 0.3) is 0 Å². The number of nitrogens with one attached hydrogen (secondary N) is 1. The molecule has 1 N–H and O–H groups in total. The van der Waals surface area contributed by atoms with Gasteiger partial charge in [0, 0.05) is 18.7 Å². The first kappa shape index (κ1) is 12.7. The molecule has 1 spiro atoms. The smallest absolute Gasteiger partial charge is 0.245 e. The Bertz CT molecular complexity index is 497. The molecule has 1 aromatic carbocycles. The van der Waals surface area contributed by atoms with E-state index >= 15 is 0 Å². The highest BCUT2D eigenvalue weighted by atomic mass is 16.2. The van der Waals surface area contributed by atoms with Crippen LogP contribution in [0.2, 0.25) is 0 Å². The molecule has 3 heteroatoms. The van der Waals surface area contributed by atoms with Gasteiger partial charge in [-0.25, -0.2) is 0 Å². The monoisotopic (exact) mass is 258 g/mol. The first-order valence-corrected chi connectivity index (χ1v) is 7.26. The molecule has 3 rings (SSSR count). The quantitative estimate of drug-likeness (QED) is 0.904. The number of carbonyl (C=O) groups is 1. The molecule has 102 valence electrons. The molecule has 0 saturated carbocycles. The summed E-state index contributed by atoms with van der Waals surface area (Å²) < 4.78 is 0. The number of fused-ring (bicyclic) bond motifs is 1. The van der Waals surface area contributed by atoms with Gasteiger partial charge in [-0.15, -0.1) is 0 Å². The van der Waals surface area contributed by atoms with Gasteiger partial charge in [-0.3, -0.25) is 9.69 Å². The molecule has 1 atom stereocenters. The Balaban J connectivity index is 1.80. The Kier molecular flexibility index (Phi) is 3.09. The number of nitrogens with zero attached hydrogens (tertiary/aromatic N) is 1. The number of carbonyl (C=O) groups excluding carboxylic acids is 1. The zero-order valence-corrected chi connectivity index (χ0v) is 11.8. The average molecular weight is 258 g/mol. The lowest BCUT2D eigenvalue weighted by atomic mass is 9.75. The Morgan fingerprint density at radius 1 is 1.37 bits per heavy atom. The van der Waals surface area contributed by atoms with Crippen LogP contribution in [-0.2, 0) is 11.2 Å². The summed E-state index contributed by atoms with van der Waals surface area (Å²) >= 11 is 0. The fraction of sp³-hybridized carbons (Fsp3) is 0.562. The lowest BCUT2D eigenvalue weighted by Crippen LogP contribution is -2.68. The molecule has 1 saturated heterocycles. The predicted molar refractivity (Wildman–Crippen MR) is 77.2 cm³/mol. The molecule has 0 aliphatic carbocycles. The van der Waals surface area contributed by atoms with Crippen molar-refractivity contribution in [3.8, 4) is 0 Å². The fourth-order valence-corrected chi connectivity index (χ4v) is 3.17. The van der Waals surface area contributed by atoms with Crippen molar-refractivity contribution >= 4 is 11.6 Å². The van der Waals surface area contributed by atoms with Gasteiger partial charge in [0.1, 0.15) is 5.54 Å². The first-order valence-electron chi connectivity index (χ1n) is 7.26. The molecule has 0 radical (unpaired) electrons. The molecule has 0 bridgehead atoms. The van der Waals surface area contributed by atoms with E-state index in [-0.39, 0.29) is 11.4 Å².